The van der Waals surface area contributed by atoms with Crippen LogP contribution in [-0.2, 0) is 4.79 Å². The van der Waals surface area contributed by atoms with Gasteiger partial charge < -0.3 is 20.5 Å². The number of anilines is 1. The number of hydrogen-bond acceptors (Lipinski definition) is 5. The second-order valence-electron chi connectivity index (χ2n) is 8.29. The molecule has 7 nitrogen and oxygen atoms in total. The van der Waals surface area contributed by atoms with E-state index in [4.69, 9.17) is 33.0 Å². The molecule has 0 spiro atoms. The molecule has 1 atom stereocenters. The van der Waals surface area contributed by atoms with Crippen LogP contribution in [-0.4, -0.2) is 41.2 Å². The maximum Gasteiger partial charge on any atom is 0.305 e. The molecule has 9 heteroatoms. The fourth-order valence-corrected chi connectivity index (χ4v) is 3.76. The highest BCUT2D eigenvalue weighted by Crippen LogP contribution is 2.30. The number of benzene rings is 2. The molecule has 2 aromatic carbocycles. The molecule has 0 bridgehead atoms. The van der Waals surface area contributed by atoms with Gasteiger partial charge in [0.05, 0.1) is 12.5 Å². The van der Waals surface area contributed by atoms with Crippen molar-refractivity contribution in [3.05, 3.63) is 76.4 Å². The van der Waals surface area contributed by atoms with Gasteiger partial charge in [-0.3, -0.25) is 9.59 Å². The lowest BCUT2D eigenvalue weighted by Crippen LogP contribution is -2.32. The number of carboxylic acid groups (broad SMARTS) is 1. The minimum Gasteiger partial charge on any atom is -0.481 e. The third-order valence-corrected chi connectivity index (χ3v) is 5.87. The summed E-state index contributed by atoms with van der Waals surface area (Å²) in [6.07, 6.45) is 1.59. The Morgan fingerprint density at radius 1 is 1.06 bits per heavy atom. The van der Waals surface area contributed by atoms with Crippen molar-refractivity contribution in [2.75, 3.05) is 18.5 Å². The Hall–Kier alpha value is -3.29. The molecule has 0 aliphatic carbocycles. The number of halogens is 2. The minimum absolute atomic E-state index is 0.00238. The summed E-state index contributed by atoms with van der Waals surface area (Å²) in [6, 6.07) is 16.0. The first kappa shape index (κ1) is 26.3. The number of aromatic nitrogens is 1. The maximum absolute atomic E-state index is 12.1. The molecule has 0 saturated heterocycles. The Kier molecular flexibility index (Phi) is 9.34. The molecule has 1 aromatic heterocycles. The van der Waals surface area contributed by atoms with Crippen LogP contribution < -0.4 is 15.4 Å². The van der Waals surface area contributed by atoms with E-state index in [2.05, 4.69) is 29.5 Å². The topological polar surface area (TPSA) is 101 Å². The number of pyridine rings is 1. The number of nitrogens with one attached hydrogen (secondary N) is 2. The van der Waals surface area contributed by atoms with Crippen molar-refractivity contribution in [3.63, 3.8) is 0 Å². The molecule has 0 aliphatic heterocycles. The second kappa shape index (κ2) is 12.4. The number of carboxylic acids is 1. The highest BCUT2D eigenvalue weighted by Gasteiger charge is 2.15. The highest BCUT2D eigenvalue weighted by atomic mass is 35.5. The first-order valence-corrected chi connectivity index (χ1v) is 11.9. The predicted octanol–water partition coefficient (Wildman–Crippen LogP) is 5.78. The number of aliphatic carboxylic acids is 1. The number of hydrogen-bond donors (Lipinski definition) is 3. The molecule has 0 saturated carbocycles. The Bertz CT molecular complexity index is 1150. The van der Waals surface area contributed by atoms with E-state index in [1.165, 1.54) is 0 Å². The summed E-state index contributed by atoms with van der Waals surface area (Å²) in [5.74, 6) is -0.499. The van der Waals surface area contributed by atoms with Gasteiger partial charge in [0.2, 0.25) is 5.88 Å². The van der Waals surface area contributed by atoms with E-state index < -0.39 is 5.97 Å². The van der Waals surface area contributed by atoms with Gasteiger partial charge in [0.15, 0.2) is 0 Å². The van der Waals surface area contributed by atoms with Gasteiger partial charge in [0.1, 0.15) is 6.61 Å². The zero-order chi connectivity index (χ0) is 25.4. The quantitative estimate of drug-likeness (QED) is 0.299. The van der Waals surface area contributed by atoms with E-state index in [0.29, 0.717) is 28.1 Å². The molecular weight excluding hydrogens is 489 g/mol. The number of ether oxygens (including phenoxy) is 1. The number of carbonyl (C=O) groups is 2. The summed E-state index contributed by atoms with van der Waals surface area (Å²) in [5, 5.41) is 15.8. The monoisotopic (exact) mass is 515 g/mol. The summed E-state index contributed by atoms with van der Waals surface area (Å²) in [6.45, 7) is 4.65. The Labute approximate surface area is 214 Å². The zero-order valence-corrected chi connectivity index (χ0v) is 20.9. The van der Waals surface area contributed by atoms with Crippen molar-refractivity contribution in [1.82, 2.24) is 10.3 Å². The van der Waals surface area contributed by atoms with Crippen LogP contribution in [0.25, 0.3) is 11.1 Å². The summed E-state index contributed by atoms with van der Waals surface area (Å²) in [7, 11) is 0. The van der Waals surface area contributed by atoms with E-state index in [9.17, 15) is 9.59 Å². The normalized spacial score (nSPS) is 11.7. The fraction of sp³-hybridized carbons (Fsp3) is 0.269. The molecule has 1 unspecified atom stereocenters. The second-order valence-corrected chi connectivity index (χ2v) is 9.14. The van der Waals surface area contributed by atoms with Gasteiger partial charge in [-0.2, -0.15) is 0 Å². The molecule has 1 amide bonds. The average Bonchev–Trinajstić information content (AvgIpc) is 2.82. The summed E-state index contributed by atoms with van der Waals surface area (Å²) in [4.78, 5) is 27.1. The summed E-state index contributed by atoms with van der Waals surface area (Å²) >= 11 is 12.3. The van der Waals surface area contributed by atoms with Crippen molar-refractivity contribution in [1.29, 1.82) is 0 Å². The van der Waals surface area contributed by atoms with E-state index in [-0.39, 0.29) is 30.8 Å². The standard InChI is InChI=1S/C26H27Cl2N3O4/c1-16(2)23(31-20-7-3-17(4-8-20)26(34)29-12-11-25(32)33)15-35-24-10-5-18(14-30-24)21-9-6-19(27)13-22(21)28/h3-10,13-14,16,23,31H,11-12,15H2,1-2H3,(H,29,34)(H,32,33). The first-order chi connectivity index (χ1) is 16.7. The zero-order valence-electron chi connectivity index (χ0n) is 19.4. The molecule has 35 heavy (non-hydrogen) atoms. The molecule has 0 aliphatic rings. The van der Waals surface area contributed by atoms with Crippen LogP contribution in [0.3, 0.4) is 0 Å². The Morgan fingerprint density at radius 2 is 1.80 bits per heavy atom. The van der Waals surface area contributed by atoms with E-state index in [1.54, 1.807) is 36.5 Å². The van der Waals surface area contributed by atoms with Crippen LogP contribution in [0.1, 0.15) is 30.6 Å². The Morgan fingerprint density at radius 3 is 2.40 bits per heavy atom. The number of carbonyl (C=O) groups excluding carboxylic acids is 1. The highest BCUT2D eigenvalue weighted by molar-refractivity contribution is 6.36. The van der Waals surface area contributed by atoms with Crippen molar-refractivity contribution in [2.45, 2.75) is 26.3 Å². The first-order valence-electron chi connectivity index (χ1n) is 11.1. The molecular formula is C26H27Cl2N3O4. The van der Waals surface area contributed by atoms with Gasteiger partial charge >= 0.3 is 5.97 Å². The molecule has 0 radical (unpaired) electrons. The molecule has 184 valence electrons. The number of nitrogens with zero attached hydrogens (tertiary/aromatic N) is 1. The number of amides is 1. The largest absolute Gasteiger partial charge is 0.481 e. The van der Waals surface area contributed by atoms with Crippen molar-refractivity contribution in [2.24, 2.45) is 5.92 Å². The van der Waals surface area contributed by atoms with Crippen LogP contribution in [0.4, 0.5) is 5.69 Å². The van der Waals surface area contributed by atoms with Crippen LogP contribution in [0.15, 0.2) is 60.8 Å². The van der Waals surface area contributed by atoms with Crippen LogP contribution in [0.2, 0.25) is 10.0 Å². The molecule has 3 rings (SSSR count). The van der Waals surface area contributed by atoms with Gasteiger partial charge in [-0.05, 0) is 48.4 Å². The Balaban J connectivity index is 1.56. The van der Waals surface area contributed by atoms with Crippen LogP contribution in [0.5, 0.6) is 5.88 Å². The molecule has 1 heterocycles. The summed E-state index contributed by atoms with van der Waals surface area (Å²) in [5.41, 5.74) is 3.01. The van der Waals surface area contributed by atoms with Crippen molar-refractivity contribution >= 4 is 40.8 Å². The summed E-state index contributed by atoms with van der Waals surface area (Å²) < 4.78 is 5.93. The number of rotatable bonds is 11. The van der Waals surface area contributed by atoms with Crippen LogP contribution in [0, 0.1) is 5.92 Å². The van der Waals surface area contributed by atoms with Crippen LogP contribution >= 0.6 is 23.2 Å². The van der Waals surface area contributed by atoms with Crippen molar-refractivity contribution < 1.29 is 19.4 Å². The third kappa shape index (κ3) is 7.87. The lowest BCUT2D eigenvalue weighted by molar-refractivity contribution is -0.136. The molecule has 3 N–H and O–H groups in total. The smallest absolute Gasteiger partial charge is 0.305 e. The van der Waals surface area contributed by atoms with Gasteiger partial charge in [-0.1, -0.05) is 43.1 Å². The predicted molar refractivity (Wildman–Crippen MR) is 138 cm³/mol. The lowest BCUT2D eigenvalue weighted by Gasteiger charge is -2.23. The van der Waals surface area contributed by atoms with Crippen molar-refractivity contribution in [3.8, 4) is 17.0 Å². The van der Waals surface area contributed by atoms with Gasteiger partial charge in [-0.25, -0.2) is 4.98 Å². The van der Waals surface area contributed by atoms with E-state index in [1.807, 2.05) is 24.3 Å². The van der Waals surface area contributed by atoms with Gasteiger partial charge in [0.25, 0.3) is 5.91 Å². The average molecular weight is 516 g/mol. The third-order valence-electron chi connectivity index (χ3n) is 5.32. The SMILES string of the molecule is CC(C)C(COc1ccc(-c2ccc(Cl)cc2Cl)cn1)Nc1ccc(C(=O)NCCC(=O)O)cc1. The minimum atomic E-state index is -0.955. The van der Waals surface area contributed by atoms with E-state index >= 15 is 0 Å². The lowest BCUT2D eigenvalue weighted by atomic mass is 10.0. The molecule has 0 fully saturated rings. The van der Waals surface area contributed by atoms with Gasteiger partial charge in [-0.15, -0.1) is 0 Å². The fourth-order valence-electron chi connectivity index (χ4n) is 3.24. The maximum atomic E-state index is 12.1. The van der Waals surface area contributed by atoms with E-state index in [0.717, 1.165) is 16.8 Å². The van der Waals surface area contributed by atoms with Gasteiger partial charge in [0, 0.05) is 51.2 Å². The molecule has 3 aromatic rings.